The van der Waals surface area contributed by atoms with E-state index in [0.717, 1.165) is 23.4 Å². The molecule has 1 aromatic carbocycles. The van der Waals surface area contributed by atoms with Gasteiger partial charge in [-0.2, -0.15) is 10.4 Å². The van der Waals surface area contributed by atoms with Crippen LogP contribution in [0.15, 0.2) is 18.2 Å². The van der Waals surface area contributed by atoms with Gasteiger partial charge in [-0.1, -0.05) is 13.8 Å². The van der Waals surface area contributed by atoms with Crippen molar-refractivity contribution in [3.05, 3.63) is 46.7 Å². The summed E-state index contributed by atoms with van der Waals surface area (Å²) in [6.07, 6.45) is 1.32. The van der Waals surface area contributed by atoms with E-state index in [1.165, 1.54) is 6.07 Å². The second-order valence-electron chi connectivity index (χ2n) is 4.42. The number of benzene rings is 1. The normalized spacial score (nSPS) is 10.2. The molecule has 0 aliphatic heterocycles. The van der Waals surface area contributed by atoms with Crippen LogP contribution >= 0.6 is 0 Å². The molecule has 108 valence electrons. The van der Waals surface area contributed by atoms with E-state index in [0.29, 0.717) is 24.1 Å². The van der Waals surface area contributed by atoms with Crippen LogP contribution in [0.3, 0.4) is 0 Å². The number of nitrogens with zero attached hydrogens (tertiary/aromatic N) is 3. The highest BCUT2D eigenvalue weighted by atomic mass is 19.2. The lowest BCUT2D eigenvalue weighted by Gasteiger charge is -2.12. The first-order chi connectivity index (χ1) is 10.1. The van der Waals surface area contributed by atoms with Crippen molar-refractivity contribution in [2.45, 2.75) is 26.7 Å². The van der Waals surface area contributed by atoms with E-state index in [2.05, 4.69) is 21.6 Å². The van der Waals surface area contributed by atoms with Gasteiger partial charge in [-0.3, -0.25) is 0 Å². The molecule has 2 rings (SSSR count). The Kier molecular flexibility index (Phi) is 4.43. The van der Waals surface area contributed by atoms with Gasteiger partial charge in [0.1, 0.15) is 11.6 Å². The molecule has 1 aromatic heterocycles. The smallest absolute Gasteiger partial charge is 0.171 e. The molecule has 0 fully saturated rings. The van der Waals surface area contributed by atoms with E-state index >= 15 is 0 Å². The predicted molar refractivity (Wildman–Crippen MR) is 75.1 cm³/mol. The first kappa shape index (κ1) is 14.9. The number of nitriles is 1. The maximum atomic E-state index is 13.2. The second-order valence-corrected chi connectivity index (χ2v) is 4.42. The number of anilines is 2. The largest absolute Gasteiger partial charge is 0.338 e. The molecular formula is C15H14F2N4. The third kappa shape index (κ3) is 2.97. The Bertz CT molecular complexity index is 708. The summed E-state index contributed by atoms with van der Waals surface area (Å²) in [5.41, 5.74) is 2.28. The maximum Gasteiger partial charge on any atom is 0.171 e. The number of aromatic nitrogens is 2. The van der Waals surface area contributed by atoms with Gasteiger partial charge in [0.15, 0.2) is 17.5 Å². The molecule has 0 aliphatic rings. The molecular weight excluding hydrogens is 274 g/mol. The summed E-state index contributed by atoms with van der Waals surface area (Å²) < 4.78 is 26.1. The summed E-state index contributed by atoms with van der Waals surface area (Å²) >= 11 is 0. The average molecular weight is 288 g/mol. The third-order valence-electron chi connectivity index (χ3n) is 3.14. The van der Waals surface area contributed by atoms with E-state index < -0.39 is 11.6 Å². The van der Waals surface area contributed by atoms with Crippen LogP contribution in [0.1, 0.15) is 30.7 Å². The molecule has 0 saturated heterocycles. The first-order valence-electron chi connectivity index (χ1n) is 6.61. The zero-order chi connectivity index (χ0) is 15.4. The Morgan fingerprint density at radius 3 is 2.48 bits per heavy atom. The van der Waals surface area contributed by atoms with Crippen molar-refractivity contribution in [3.63, 3.8) is 0 Å². The fourth-order valence-electron chi connectivity index (χ4n) is 2.09. The van der Waals surface area contributed by atoms with Crippen molar-refractivity contribution in [2.24, 2.45) is 0 Å². The van der Waals surface area contributed by atoms with E-state index in [-0.39, 0.29) is 5.82 Å². The average Bonchev–Trinajstić information content (AvgIpc) is 2.50. The zero-order valence-electron chi connectivity index (χ0n) is 11.7. The Morgan fingerprint density at radius 2 is 1.90 bits per heavy atom. The lowest BCUT2D eigenvalue weighted by atomic mass is 10.0. The topological polar surface area (TPSA) is 61.6 Å². The molecule has 0 atom stereocenters. The third-order valence-corrected chi connectivity index (χ3v) is 3.14. The molecule has 2 aromatic rings. The first-order valence-corrected chi connectivity index (χ1v) is 6.61. The monoisotopic (exact) mass is 288 g/mol. The quantitative estimate of drug-likeness (QED) is 0.935. The van der Waals surface area contributed by atoms with Crippen molar-refractivity contribution in [1.82, 2.24) is 10.2 Å². The summed E-state index contributed by atoms with van der Waals surface area (Å²) in [5, 5.41) is 20.2. The van der Waals surface area contributed by atoms with Crippen molar-refractivity contribution in [1.29, 1.82) is 5.26 Å². The van der Waals surface area contributed by atoms with Crippen molar-refractivity contribution < 1.29 is 8.78 Å². The predicted octanol–water partition coefficient (Wildman–Crippen LogP) is 3.49. The summed E-state index contributed by atoms with van der Waals surface area (Å²) in [5.74, 6) is -1.65. The fraction of sp³-hybridized carbons (Fsp3) is 0.267. The highest BCUT2D eigenvalue weighted by Gasteiger charge is 2.14. The SMILES string of the molecule is CCc1nnc(Nc2ccc(F)c(F)c2)c(C#N)c1CC. The molecule has 0 bridgehead atoms. The minimum absolute atomic E-state index is 0.248. The van der Waals surface area contributed by atoms with Crippen LogP contribution < -0.4 is 5.32 Å². The van der Waals surface area contributed by atoms with Crippen LogP contribution in [-0.4, -0.2) is 10.2 Å². The standard InChI is InChI=1S/C15H14F2N4/c1-3-10-11(8-18)15(21-20-14(10)4-2)19-9-5-6-12(16)13(17)7-9/h5-7H,3-4H2,1-2H3,(H,19,21). The molecule has 0 amide bonds. The van der Waals surface area contributed by atoms with Crippen LogP contribution in [0.2, 0.25) is 0 Å². The Morgan fingerprint density at radius 1 is 1.14 bits per heavy atom. The molecule has 4 nitrogen and oxygen atoms in total. The van der Waals surface area contributed by atoms with Gasteiger partial charge in [0, 0.05) is 11.8 Å². The number of hydrogen-bond donors (Lipinski definition) is 1. The van der Waals surface area contributed by atoms with Crippen LogP contribution in [-0.2, 0) is 12.8 Å². The van der Waals surface area contributed by atoms with Gasteiger partial charge >= 0.3 is 0 Å². The summed E-state index contributed by atoms with van der Waals surface area (Å²) in [4.78, 5) is 0. The molecule has 1 heterocycles. The minimum atomic E-state index is -0.965. The van der Waals surface area contributed by atoms with Gasteiger partial charge in [0.25, 0.3) is 0 Å². The van der Waals surface area contributed by atoms with Crippen LogP contribution in [0.5, 0.6) is 0 Å². The van der Waals surface area contributed by atoms with Crippen molar-refractivity contribution in [3.8, 4) is 6.07 Å². The van der Waals surface area contributed by atoms with Crippen molar-refractivity contribution in [2.75, 3.05) is 5.32 Å². The van der Waals surface area contributed by atoms with Crippen LogP contribution in [0.25, 0.3) is 0 Å². The molecule has 0 radical (unpaired) electrons. The summed E-state index contributed by atoms with van der Waals surface area (Å²) in [6, 6.07) is 5.50. The minimum Gasteiger partial charge on any atom is -0.338 e. The van der Waals surface area contributed by atoms with Gasteiger partial charge in [0.2, 0.25) is 0 Å². The van der Waals surface area contributed by atoms with Gasteiger partial charge in [0.05, 0.1) is 5.69 Å². The Hall–Kier alpha value is -2.55. The van der Waals surface area contributed by atoms with E-state index in [4.69, 9.17) is 0 Å². The molecule has 0 unspecified atom stereocenters. The van der Waals surface area contributed by atoms with Gasteiger partial charge < -0.3 is 5.32 Å². The molecule has 6 heteroatoms. The number of halogens is 2. The summed E-state index contributed by atoms with van der Waals surface area (Å²) in [6.45, 7) is 3.87. The number of nitrogens with one attached hydrogen (secondary N) is 1. The zero-order valence-corrected chi connectivity index (χ0v) is 11.7. The van der Waals surface area contributed by atoms with Crippen molar-refractivity contribution >= 4 is 11.5 Å². The molecule has 0 spiro atoms. The van der Waals surface area contributed by atoms with Gasteiger partial charge in [-0.25, -0.2) is 8.78 Å². The van der Waals surface area contributed by atoms with Gasteiger partial charge in [-0.05, 0) is 30.5 Å². The maximum absolute atomic E-state index is 13.2. The fourth-order valence-corrected chi connectivity index (χ4v) is 2.09. The number of rotatable bonds is 4. The van der Waals surface area contributed by atoms with E-state index in [9.17, 15) is 14.0 Å². The molecule has 0 saturated carbocycles. The molecule has 0 aliphatic carbocycles. The summed E-state index contributed by atoms with van der Waals surface area (Å²) in [7, 11) is 0. The van der Waals surface area contributed by atoms with Crippen LogP contribution in [0.4, 0.5) is 20.3 Å². The highest BCUT2D eigenvalue weighted by molar-refractivity contribution is 5.64. The van der Waals surface area contributed by atoms with E-state index in [1.807, 2.05) is 13.8 Å². The number of aryl methyl sites for hydroxylation is 1. The Balaban J connectivity index is 2.44. The van der Waals surface area contributed by atoms with Crippen LogP contribution in [0, 0.1) is 23.0 Å². The lowest BCUT2D eigenvalue weighted by Crippen LogP contribution is -2.07. The molecule has 21 heavy (non-hydrogen) atoms. The second kappa shape index (κ2) is 6.27. The van der Waals surface area contributed by atoms with Gasteiger partial charge in [-0.15, -0.1) is 5.10 Å². The highest BCUT2D eigenvalue weighted by Crippen LogP contribution is 2.24. The van der Waals surface area contributed by atoms with E-state index in [1.54, 1.807) is 0 Å². The lowest BCUT2D eigenvalue weighted by molar-refractivity contribution is 0.509. The molecule has 1 N–H and O–H groups in total. The number of hydrogen-bond acceptors (Lipinski definition) is 4. The Labute approximate surface area is 121 Å².